The van der Waals surface area contributed by atoms with Crippen LogP contribution in [0.4, 0.5) is 0 Å². The van der Waals surface area contributed by atoms with Gasteiger partial charge in [0.05, 0.1) is 0 Å². The standard InChI is InChI=1S/C19H16N2/c1-6-19(15-4-9-21-10-5-15)17-11-14(1)16(12-18(17)19)13-2-7-20-8-3-13/h1-10,12,14,17-18H,11H2. The predicted octanol–water partition coefficient (Wildman–Crippen LogP) is 3.63. The number of allylic oxidation sites excluding steroid dienone is 4. The van der Waals surface area contributed by atoms with Crippen molar-refractivity contribution in [1.29, 1.82) is 0 Å². The van der Waals surface area contributed by atoms with Crippen LogP contribution >= 0.6 is 0 Å². The van der Waals surface area contributed by atoms with Crippen LogP contribution < -0.4 is 0 Å². The maximum Gasteiger partial charge on any atom is 0.0273 e. The van der Waals surface area contributed by atoms with E-state index in [1.807, 2.05) is 24.8 Å². The lowest BCUT2D eigenvalue weighted by atomic mass is 9.80. The average Bonchev–Trinajstić information content (AvgIpc) is 3.28. The van der Waals surface area contributed by atoms with E-state index in [9.17, 15) is 0 Å². The zero-order valence-corrected chi connectivity index (χ0v) is 11.7. The summed E-state index contributed by atoms with van der Waals surface area (Å²) < 4.78 is 0. The quantitative estimate of drug-likeness (QED) is 0.780. The van der Waals surface area contributed by atoms with Gasteiger partial charge in [0.15, 0.2) is 0 Å². The molecule has 3 aliphatic carbocycles. The zero-order valence-electron chi connectivity index (χ0n) is 11.7. The molecule has 5 rings (SSSR count). The lowest BCUT2D eigenvalue weighted by molar-refractivity contribution is 0.559. The second kappa shape index (κ2) is 3.91. The molecule has 0 saturated heterocycles. The van der Waals surface area contributed by atoms with Crippen LogP contribution in [0.15, 0.2) is 67.3 Å². The Balaban J connectivity index is 1.62. The van der Waals surface area contributed by atoms with Crippen LogP contribution in [0.5, 0.6) is 0 Å². The summed E-state index contributed by atoms with van der Waals surface area (Å²) in [5, 5.41) is 0. The first-order chi connectivity index (χ1) is 10.4. The Morgan fingerprint density at radius 3 is 2.43 bits per heavy atom. The molecule has 0 aliphatic heterocycles. The number of hydrogen-bond acceptors (Lipinski definition) is 2. The molecule has 0 spiro atoms. The monoisotopic (exact) mass is 272 g/mol. The summed E-state index contributed by atoms with van der Waals surface area (Å²) in [4.78, 5) is 8.31. The Bertz CT molecular complexity index is 748. The summed E-state index contributed by atoms with van der Waals surface area (Å²) >= 11 is 0. The number of pyridine rings is 2. The van der Waals surface area contributed by atoms with Crippen LogP contribution in [-0.2, 0) is 5.41 Å². The van der Waals surface area contributed by atoms with E-state index in [1.165, 1.54) is 23.1 Å². The van der Waals surface area contributed by atoms with Crippen molar-refractivity contribution in [2.45, 2.75) is 11.8 Å². The van der Waals surface area contributed by atoms with Gasteiger partial charge in [0.2, 0.25) is 0 Å². The highest BCUT2D eigenvalue weighted by Gasteiger charge is 2.66. The Hall–Kier alpha value is -2.22. The summed E-state index contributed by atoms with van der Waals surface area (Å²) in [6.45, 7) is 0. The summed E-state index contributed by atoms with van der Waals surface area (Å²) in [6, 6.07) is 8.63. The Labute approximate surface area is 124 Å². The van der Waals surface area contributed by atoms with Crippen LogP contribution in [0.2, 0.25) is 0 Å². The number of rotatable bonds is 2. The molecule has 3 aliphatic rings. The van der Waals surface area contributed by atoms with E-state index in [4.69, 9.17) is 0 Å². The van der Waals surface area contributed by atoms with Gasteiger partial charge in [0.25, 0.3) is 0 Å². The fourth-order valence-corrected chi connectivity index (χ4v) is 4.52. The normalized spacial score (nSPS) is 35.2. The van der Waals surface area contributed by atoms with E-state index in [0.717, 1.165) is 5.92 Å². The van der Waals surface area contributed by atoms with E-state index in [1.54, 1.807) is 0 Å². The Morgan fingerprint density at radius 1 is 0.952 bits per heavy atom. The number of aromatic nitrogens is 2. The largest absolute Gasteiger partial charge is 0.265 e. The summed E-state index contributed by atoms with van der Waals surface area (Å²) in [5.74, 6) is 2.00. The van der Waals surface area contributed by atoms with Crippen molar-refractivity contribution in [3.05, 3.63) is 78.4 Å². The maximum absolute atomic E-state index is 4.17. The van der Waals surface area contributed by atoms with E-state index in [-0.39, 0.29) is 5.41 Å². The molecule has 2 heterocycles. The topological polar surface area (TPSA) is 25.8 Å². The van der Waals surface area contributed by atoms with Crippen LogP contribution in [0.25, 0.3) is 5.57 Å². The first kappa shape index (κ1) is 11.4. The van der Waals surface area contributed by atoms with Crippen LogP contribution in [-0.4, -0.2) is 9.97 Å². The maximum atomic E-state index is 4.17. The first-order valence-corrected chi connectivity index (χ1v) is 7.61. The molecule has 0 radical (unpaired) electrons. The van der Waals surface area contributed by atoms with Crippen LogP contribution in [0, 0.1) is 17.8 Å². The van der Waals surface area contributed by atoms with Crippen molar-refractivity contribution in [1.82, 2.24) is 9.97 Å². The third-order valence-electron chi connectivity index (χ3n) is 5.55. The molecule has 1 fully saturated rings. The molecule has 2 aromatic heterocycles. The smallest absolute Gasteiger partial charge is 0.0273 e. The number of nitrogens with zero attached hydrogens (tertiary/aromatic N) is 2. The second-order valence-electron chi connectivity index (χ2n) is 6.36. The average molecular weight is 272 g/mol. The molecule has 0 amide bonds. The van der Waals surface area contributed by atoms with Gasteiger partial charge >= 0.3 is 0 Å². The van der Waals surface area contributed by atoms with Crippen LogP contribution in [0.3, 0.4) is 0 Å². The van der Waals surface area contributed by atoms with Crippen molar-refractivity contribution in [2.75, 3.05) is 0 Å². The highest BCUT2D eigenvalue weighted by Crippen LogP contribution is 2.70. The van der Waals surface area contributed by atoms with Gasteiger partial charge < -0.3 is 0 Å². The molecule has 2 aromatic rings. The lowest BCUT2D eigenvalue weighted by Crippen LogP contribution is -2.14. The van der Waals surface area contributed by atoms with Gasteiger partial charge in [-0.3, -0.25) is 9.97 Å². The molecule has 0 N–H and O–H groups in total. The minimum atomic E-state index is 0.244. The van der Waals surface area contributed by atoms with E-state index >= 15 is 0 Å². The molecule has 4 unspecified atom stereocenters. The Kier molecular flexibility index (Phi) is 2.13. The Morgan fingerprint density at radius 2 is 1.67 bits per heavy atom. The van der Waals surface area contributed by atoms with E-state index in [0.29, 0.717) is 11.8 Å². The fraction of sp³-hybridized carbons (Fsp3) is 0.263. The SMILES string of the molecule is C1=CC2(c3ccncc3)C3C=C(c4ccncc4)C1CC32. The zero-order chi connectivity index (χ0) is 13.9. The molecule has 4 atom stereocenters. The van der Waals surface area contributed by atoms with Gasteiger partial charge in [-0.15, -0.1) is 0 Å². The van der Waals surface area contributed by atoms with Crippen molar-refractivity contribution >= 4 is 5.57 Å². The molecule has 102 valence electrons. The molecular formula is C19H16N2. The second-order valence-corrected chi connectivity index (χ2v) is 6.36. The number of hydrogen-bond donors (Lipinski definition) is 0. The lowest BCUT2D eigenvalue weighted by Gasteiger charge is -2.24. The molecular weight excluding hydrogens is 256 g/mol. The van der Waals surface area contributed by atoms with Gasteiger partial charge in [-0.2, -0.15) is 0 Å². The first-order valence-electron chi connectivity index (χ1n) is 7.61. The minimum Gasteiger partial charge on any atom is -0.265 e. The molecule has 0 aromatic carbocycles. The summed E-state index contributed by atoms with van der Waals surface area (Å²) in [7, 11) is 0. The van der Waals surface area contributed by atoms with Gasteiger partial charge in [-0.05, 0) is 59.2 Å². The molecule has 21 heavy (non-hydrogen) atoms. The molecule has 2 heteroatoms. The predicted molar refractivity (Wildman–Crippen MR) is 82.4 cm³/mol. The van der Waals surface area contributed by atoms with Gasteiger partial charge in [-0.25, -0.2) is 0 Å². The van der Waals surface area contributed by atoms with Crippen molar-refractivity contribution < 1.29 is 0 Å². The third-order valence-corrected chi connectivity index (χ3v) is 5.55. The number of fused-ring (bicyclic) bond motifs is 2. The van der Waals surface area contributed by atoms with Gasteiger partial charge in [0.1, 0.15) is 0 Å². The van der Waals surface area contributed by atoms with Crippen molar-refractivity contribution in [3.63, 3.8) is 0 Å². The van der Waals surface area contributed by atoms with Crippen molar-refractivity contribution in [3.8, 4) is 0 Å². The van der Waals surface area contributed by atoms with E-state index in [2.05, 4.69) is 52.5 Å². The molecule has 1 saturated carbocycles. The van der Waals surface area contributed by atoms with E-state index < -0.39 is 0 Å². The van der Waals surface area contributed by atoms with Gasteiger partial charge in [-0.1, -0.05) is 18.2 Å². The summed E-state index contributed by atoms with van der Waals surface area (Å²) in [6.07, 6.45) is 16.3. The fourth-order valence-electron chi connectivity index (χ4n) is 4.52. The highest BCUT2D eigenvalue weighted by molar-refractivity contribution is 5.74. The molecule has 2 bridgehead atoms. The van der Waals surface area contributed by atoms with Crippen molar-refractivity contribution in [2.24, 2.45) is 17.8 Å². The summed E-state index contributed by atoms with van der Waals surface area (Å²) in [5.41, 5.74) is 4.49. The van der Waals surface area contributed by atoms with Crippen LogP contribution in [0.1, 0.15) is 17.5 Å². The minimum absolute atomic E-state index is 0.244. The van der Waals surface area contributed by atoms with Gasteiger partial charge in [0, 0.05) is 36.1 Å². The highest BCUT2D eigenvalue weighted by atomic mass is 14.7. The third kappa shape index (κ3) is 1.42. The molecule has 2 nitrogen and oxygen atoms in total.